The molecule has 0 saturated carbocycles. The Morgan fingerprint density at radius 1 is 1.28 bits per heavy atom. The van der Waals surface area contributed by atoms with Crippen LogP contribution in [0.5, 0.6) is 0 Å². The van der Waals surface area contributed by atoms with Crippen LogP contribution in [0.2, 0.25) is 0 Å². The predicted octanol–water partition coefficient (Wildman–Crippen LogP) is 2.68. The molecule has 0 fully saturated rings. The van der Waals surface area contributed by atoms with E-state index in [0.717, 1.165) is 12.1 Å². The van der Waals surface area contributed by atoms with Gasteiger partial charge in [-0.15, -0.1) is 0 Å². The van der Waals surface area contributed by atoms with E-state index in [4.69, 9.17) is 0 Å². The molecule has 0 spiro atoms. The summed E-state index contributed by atoms with van der Waals surface area (Å²) in [7, 11) is 3.94. The Bertz CT molecular complexity index is 500. The van der Waals surface area contributed by atoms with E-state index in [-0.39, 0.29) is 17.5 Å². The van der Waals surface area contributed by atoms with Crippen molar-refractivity contribution in [2.24, 2.45) is 5.92 Å². The number of hydrogen-bond acceptors (Lipinski definition) is 2. The van der Waals surface area contributed by atoms with Crippen molar-refractivity contribution in [2.45, 2.75) is 0 Å². The largest absolute Gasteiger partial charge is 0.305 e. The van der Waals surface area contributed by atoms with Crippen LogP contribution in [0.4, 0.5) is 4.39 Å². The zero-order valence-electron chi connectivity index (χ0n) is 10.6. The molecule has 1 aliphatic carbocycles. The van der Waals surface area contributed by atoms with Gasteiger partial charge in [0.1, 0.15) is 5.82 Å². The number of carbonyl (C=O) groups excluding carboxylic acids is 1. The number of carbonyl (C=O) groups is 1. The minimum atomic E-state index is -0.322. The molecular formula is C15H16FNO. The van der Waals surface area contributed by atoms with Crippen molar-refractivity contribution < 1.29 is 9.18 Å². The number of allylic oxidation sites excluding steroid dienone is 3. The zero-order chi connectivity index (χ0) is 13.1. The van der Waals surface area contributed by atoms with E-state index in [9.17, 15) is 9.18 Å². The molecule has 0 N–H and O–H groups in total. The fraction of sp³-hybridized carbons (Fsp3) is 0.267. The number of halogens is 1. The van der Waals surface area contributed by atoms with Crippen molar-refractivity contribution >= 4 is 5.78 Å². The first-order valence-electron chi connectivity index (χ1n) is 5.89. The minimum absolute atomic E-state index is 0.0249. The molecule has 0 heterocycles. The number of likely N-dealkylation sites (N-methyl/N-ethyl adjacent to an activating group) is 1. The summed E-state index contributed by atoms with van der Waals surface area (Å²) >= 11 is 0. The normalized spacial score (nSPS) is 18.2. The number of nitrogens with zero attached hydrogens (tertiary/aromatic N) is 1. The number of rotatable bonds is 4. The van der Waals surface area contributed by atoms with E-state index in [1.165, 1.54) is 24.3 Å². The van der Waals surface area contributed by atoms with Gasteiger partial charge in [0.15, 0.2) is 5.78 Å². The molecule has 0 bridgehead atoms. The highest BCUT2D eigenvalue weighted by atomic mass is 19.1. The van der Waals surface area contributed by atoms with Crippen LogP contribution in [0.1, 0.15) is 10.4 Å². The molecule has 0 aromatic heterocycles. The van der Waals surface area contributed by atoms with Crippen molar-refractivity contribution in [3.05, 3.63) is 59.4 Å². The predicted molar refractivity (Wildman–Crippen MR) is 70.0 cm³/mol. The number of ketones is 1. The summed E-state index contributed by atoms with van der Waals surface area (Å²) in [5, 5.41) is 0. The van der Waals surface area contributed by atoms with Gasteiger partial charge in [0.25, 0.3) is 0 Å². The van der Waals surface area contributed by atoms with E-state index in [0.29, 0.717) is 5.56 Å². The Hall–Kier alpha value is -1.74. The molecule has 18 heavy (non-hydrogen) atoms. The van der Waals surface area contributed by atoms with Crippen LogP contribution in [0.25, 0.3) is 0 Å². The maximum absolute atomic E-state index is 12.8. The molecular weight excluding hydrogens is 229 g/mol. The lowest BCUT2D eigenvalue weighted by atomic mass is 9.92. The monoisotopic (exact) mass is 245 g/mol. The van der Waals surface area contributed by atoms with Crippen LogP contribution in [-0.4, -0.2) is 31.3 Å². The number of Topliss-reactive ketones (excluding diaryl/α,β-unsaturated/α-hetero) is 1. The summed E-state index contributed by atoms with van der Waals surface area (Å²) < 4.78 is 12.8. The third kappa shape index (κ3) is 2.74. The molecule has 2 rings (SSSR count). The first-order chi connectivity index (χ1) is 8.58. The Morgan fingerprint density at radius 2 is 1.94 bits per heavy atom. The van der Waals surface area contributed by atoms with E-state index in [2.05, 4.69) is 0 Å². The van der Waals surface area contributed by atoms with E-state index >= 15 is 0 Å². The van der Waals surface area contributed by atoms with Crippen LogP contribution in [-0.2, 0) is 0 Å². The Balaban J connectivity index is 2.16. The fourth-order valence-corrected chi connectivity index (χ4v) is 2.08. The van der Waals surface area contributed by atoms with Gasteiger partial charge < -0.3 is 4.90 Å². The molecule has 0 radical (unpaired) electrons. The van der Waals surface area contributed by atoms with Crippen molar-refractivity contribution in [2.75, 3.05) is 20.6 Å². The molecule has 1 atom stereocenters. The molecule has 3 heteroatoms. The van der Waals surface area contributed by atoms with Crippen LogP contribution in [0.15, 0.2) is 48.1 Å². The van der Waals surface area contributed by atoms with Crippen LogP contribution < -0.4 is 0 Å². The topological polar surface area (TPSA) is 20.3 Å². The molecule has 0 saturated heterocycles. The van der Waals surface area contributed by atoms with Gasteiger partial charge in [0.05, 0.1) is 5.92 Å². The van der Waals surface area contributed by atoms with Gasteiger partial charge in [-0.05, 0) is 43.9 Å². The maximum Gasteiger partial charge on any atom is 0.173 e. The molecule has 1 aliphatic rings. The Labute approximate surface area is 106 Å². The van der Waals surface area contributed by atoms with Gasteiger partial charge in [-0.2, -0.15) is 0 Å². The third-order valence-electron chi connectivity index (χ3n) is 2.92. The SMILES string of the molecule is CN(C)CC1=CC=CC1C(=O)c1ccc(F)cc1. The van der Waals surface area contributed by atoms with Crippen LogP contribution >= 0.6 is 0 Å². The van der Waals surface area contributed by atoms with Crippen molar-refractivity contribution in [1.29, 1.82) is 0 Å². The summed E-state index contributed by atoms with van der Waals surface area (Å²) in [5.74, 6) is -0.507. The summed E-state index contributed by atoms with van der Waals surface area (Å²) in [5.41, 5.74) is 1.63. The van der Waals surface area contributed by atoms with Crippen LogP contribution in [0, 0.1) is 11.7 Å². The lowest BCUT2D eigenvalue weighted by Gasteiger charge is -2.17. The molecule has 1 unspecified atom stereocenters. The average molecular weight is 245 g/mol. The third-order valence-corrected chi connectivity index (χ3v) is 2.92. The summed E-state index contributed by atoms with van der Waals surface area (Å²) in [4.78, 5) is 14.3. The van der Waals surface area contributed by atoms with E-state index < -0.39 is 0 Å². The summed E-state index contributed by atoms with van der Waals surface area (Å²) in [6.45, 7) is 0.755. The molecule has 0 amide bonds. The van der Waals surface area contributed by atoms with Gasteiger partial charge in [-0.3, -0.25) is 4.79 Å². The van der Waals surface area contributed by atoms with Crippen molar-refractivity contribution in [3.8, 4) is 0 Å². The molecule has 2 nitrogen and oxygen atoms in total. The second-order valence-electron chi connectivity index (χ2n) is 4.71. The molecule has 94 valence electrons. The molecule has 1 aromatic rings. The Kier molecular flexibility index (Phi) is 3.72. The minimum Gasteiger partial charge on any atom is -0.305 e. The standard InChI is InChI=1S/C15H16FNO/c1-17(2)10-12-4-3-5-14(12)15(18)11-6-8-13(16)9-7-11/h3-9,14H,10H2,1-2H3. The lowest BCUT2D eigenvalue weighted by molar-refractivity contribution is 0.0959. The maximum atomic E-state index is 12.8. The number of hydrogen-bond donors (Lipinski definition) is 0. The highest BCUT2D eigenvalue weighted by Crippen LogP contribution is 2.24. The quantitative estimate of drug-likeness (QED) is 0.760. The van der Waals surface area contributed by atoms with Crippen molar-refractivity contribution in [1.82, 2.24) is 4.90 Å². The summed E-state index contributed by atoms with van der Waals surface area (Å²) in [6.07, 6.45) is 5.78. The van der Waals surface area contributed by atoms with Gasteiger partial charge >= 0.3 is 0 Å². The Morgan fingerprint density at radius 3 is 2.56 bits per heavy atom. The number of benzene rings is 1. The highest BCUT2D eigenvalue weighted by molar-refractivity contribution is 6.01. The smallest absolute Gasteiger partial charge is 0.173 e. The van der Waals surface area contributed by atoms with Gasteiger partial charge in [-0.25, -0.2) is 4.39 Å². The second-order valence-corrected chi connectivity index (χ2v) is 4.71. The molecule has 1 aromatic carbocycles. The van der Waals surface area contributed by atoms with Crippen LogP contribution in [0.3, 0.4) is 0 Å². The first kappa shape index (κ1) is 12.7. The fourth-order valence-electron chi connectivity index (χ4n) is 2.08. The second kappa shape index (κ2) is 5.27. The average Bonchev–Trinajstić information content (AvgIpc) is 2.76. The zero-order valence-corrected chi connectivity index (χ0v) is 10.6. The van der Waals surface area contributed by atoms with Crippen molar-refractivity contribution in [3.63, 3.8) is 0 Å². The van der Waals surface area contributed by atoms with E-state index in [1.807, 2.05) is 37.2 Å². The lowest BCUT2D eigenvalue weighted by Crippen LogP contribution is -2.22. The van der Waals surface area contributed by atoms with E-state index in [1.54, 1.807) is 0 Å². The highest BCUT2D eigenvalue weighted by Gasteiger charge is 2.24. The van der Waals surface area contributed by atoms with Gasteiger partial charge in [-0.1, -0.05) is 18.2 Å². The summed E-state index contributed by atoms with van der Waals surface area (Å²) in [6, 6.07) is 5.72. The van der Waals surface area contributed by atoms with Gasteiger partial charge in [0, 0.05) is 12.1 Å². The molecule has 0 aliphatic heterocycles. The first-order valence-corrected chi connectivity index (χ1v) is 5.89. The van der Waals surface area contributed by atoms with Gasteiger partial charge in [0.2, 0.25) is 0 Å².